The van der Waals surface area contributed by atoms with Crippen LogP contribution in [0.4, 0.5) is 101 Å². The van der Waals surface area contributed by atoms with Gasteiger partial charge in [-0.15, -0.1) is 9.88 Å². The summed E-state index contributed by atoms with van der Waals surface area (Å²) in [5.74, 6) is -7.24. The minimum Gasteiger partial charge on any atom is -0.306 e. The third-order valence-electron chi connectivity index (χ3n) is 2.69. The largest absolute Gasteiger partial charge is 0.478 e. The number of halogens is 23. The van der Waals surface area contributed by atoms with Crippen LogP contribution in [-0.2, 0) is 24.2 Å². The summed E-state index contributed by atoms with van der Waals surface area (Å²) in [6.07, 6.45) is -52.1. The van der Waals surface area contributed by atoms with E-state index < -0.39 is 74.4 Å². The molecule has 1 unspecified atom stereocenters. The van der Waals surface area contributed by atoms with Gasteiger partial charge in [0.05, 0.1) is 6.42 Å². The lowest BCUT2D eigenvalue weighted by molar-refractivity contribution is -0.555. The number of carbonyl (C=O) groups excluding carboxylic acids is 1. The van der Waals surface area contributed by atoms with Gasteiger partial charge in [-0.2, -0.15) is 92.2 Å². The molecule has 0 aromatic carbocycles. The molecule has 28 heteroatoms. The first-order valence-corrected chi connectivity index (χ1v) is 8.39. The van der Waals surface area contributed by atoms with Crippen molar-refractivity contribution < 1.29 is 125 Å². The van der Waals surface area contributed by atoms with E-state index in [0.717, 1.165) is 0 Å². The highest BCUT2D eigenvalue weighted by atomic mass is 19.4. The molecule has 0 rings (SSSR count). The monoisotopic (exact) mass is 680 g/mol. The third-order valence-corrected chi connectivity index (χ3v) is 2.69. The van der Waals surface area contributed by atoms with Gasteiger partial charge in [-0.1, -0.05) is 0 Å². The Morgan fingerprint density at radius 1 is 0.512 bits per heavy atom. The van der Waals surface area contributed by atoms with Crippen LogP contribution in [0.1, 0.15) is 12.8 Å². The molecule has 41 heavy (non-hydrogen) atoms. The van der Waals surface area contributed by atoms with Gasteiger partial charge in [-0.3, -0.25) is 4.74 Å². The molecular formula is C13H7F23O5. The number of aldehydes is 1. The van der Waals surface area contributed by atoms with Crippen LogP contribution in [0.3, 0.4) is 0 Å². The van der Waals surface area contributed by atoms with E-state index in [1.165, 1.54) is 4.94 Å². The van der Waals surface area contributed by atoms with E-state index in [0.29, 0.717) is 0 Å². The van der Waals surface area contributed by atoms with Crippen molar-refractivity contribution in [1.29, 1.82) is 0 Å². The van der Waals surface area contributed by atoms with Gasteiger partial charge >= 0.3 is 55.0 Å². The summed E-state index contributed by atoms with van der Waals surface area (Å²) in [6, 6.07) is 0. The molecule has 0 aliphatic rings. The predicted molar refractivity (Wildman–Crippen MR) is 74.6 cm³/mol. The normalized spacial score (nSPS) is 15.7. The van der Waals surface area contributed by atoms with E-state index in [1.807, 2.05) is 0 Å². The molecule has 0 amide bonds. The zero-order valence-electron chi connectivity index (χ0n) is 17.9. The number of hydrogen-bond acceptors (Lipinski definition) is 5. The smallest absolute Gasteiger partial charge is 0.306 e. The maximum absolute atomic E-state index is 13.2. The number of alkyl halides is 21. The van der Waals surface area contributed by atoms with Crippen molar-refractivity contribution in [1.82, 2.24) is 0 Å². The maximum atomic E-state index is 13.2. The molecule has 0 radical (unpaired) electrons. The zero-order chi connectivity index (χ0) is 34.2. The SMILES string of the molecule is FOC(F)(F)C(F)(F)OC(F)(C(F)(F)F)C(F)(F)OCC(F)(F)F.FOC(F)(F)CC(F)(F)F.O=CCC(F)(F)F. The second kappa shape index (κ2) is 14.4. The van der Waals surface area contributed by atoms with Crippen LogP contribution in [0.15, 0.2) is 0 Å². The second-order valence-electron chi connectivity index (χ2n) is 6.22. The lowest BCUT2D eigenvalue weighted by Crippen LogP contribution is -2.63. The van der Waals surface area contributed by atoms with Crippen molar-refractivity contribution in [3.05, 3.63) is 0 Å². The average molecular weight is 680 g/mol. The van der Waals surface area contributed by atoms with Crippen molar-refractivity contribution in [2.75, 3.05) is 6.61 Å². The summed E-state index contributed by atoms with van der Waals surface area (Å²) < 4.78 is 273. The minimum atomic E-state index is -7.34. The van der Waals surface area contributed by atoms with E-state index in [2.05, 4.69) is 4.74 Å². The van der Waals surface area contributed by atoms with Crippen LogP contribution in [0, 0.1) is 0 Å². The summed E-state index contributed by atoms with van der Waals surface area (Å²) in [5, 5.41) is 0. The minimum absolute atomic E-state index is 0.167. The number of carbonyl (C=O) groups is 1. The quantitative estimate of drug-likeness (QED) is 0.173. The van der Waals surface area contributed by atoms with Crippen molar-refractivity contribution in [3.8, 4) is 0 Å². The van der Waals surface area contributed by atoms with Gasteiger partial charge < -0.3 is 9.53 Å². The van der Waals surface area contributed by atoms with Crippen molar-refractivity contribution in [3.63, 3.8) is 0 Å². The van der Waals surface area contributed by atoms with E-state index in [9.17, 15) is 101 Å². The van der Waals surface area contributed by atoms with Gasteiger partial charge in [-0.25, -0.2) is 0 Å². The Hall–Kier alpha value is -2.10. The van der Waals surface area contributed by atoms with E-state index >= 15 is 0 Å². The highest BCUT2D eigenvalue weighted by Gasteiger charge is 2.80. The molecule has 0 aliphatic carbocycles. The molecule has 0 aromatic rings. The van der Waals surface area contributed by atoms with E-state index in [1.54, 1.807) is 9.68 Å². The van der Waals surface area contributed by atoms with Gasteiger partial charge in [0, 0.05) is 0 Å². The highest BCUT2D eigenvalue weighted by Crippen LogP contribution is 2.52. The summed E-state index contributed by atoms with van der Waals surface area (Å²) in [6.45, 7) is -3.31. The first-order valence-electron chi connectivity index (χ1n) is 8.39. The first kappa shape index (κ1) is 43.4. The Morgan fingerprint density at radius 3 is 1.12 bits per heavy atom. The fraction of sp³-hybridized carbons (Fsp3) is 0.923. The van der Waals surface area contributed by atoms with Crippen LogP contribution in [0.25, 0.3) is 0 Å². The summed E-state index contributed by atoms with van der Waals surface area (Å²) in [5.41, 5.74) is 0. The maximum Gasteiger partial charge on any atom is 0.478 e. The number of rotatable bonds is 10. The Morgan fingerprint density at radius 2 is 0.927 bits per heavy atom. The van der Waals surface area contributed by atoms with Gasteiger partial charge in [0.15, 0.2) is 0 Å². The summed E-state index contributed by atoms with van der Waals surface area (Å²) in [4.78, 5) is 12.0. The number of hydrogen-bond donors (Lipinski definition) is 0. The zero-order valence-corrected chi connectivity index (χ0v) is 17.9. The molecule has 0 saturated carbocycles. The molecule has 0 aliphatic heterocycles. The fourth-order valence-corrected chi connectivity index (χ4v) is 1.18. The predicted octanol–water partition coefficient (Wildman–Crippen LogP) is 8.06. The van der Waals surface area contributed by atoms with Gasteiger partial charge in [0.25, 0.3) is 0 Å². The van der Waals surface area contributed by atoms with Crippen LogP contribution >= 0.6 is 0 Å². The van der Waals surface area contributed by atoms with Crippen LogP contribution < -0.4 is 0 Å². The number of ether oxygens (including phenoxy) is 2. The van der Waals surface area contributed by atoms with Gasteiger partial charge in [0.2, 0.25) is 0 Å². The van der Waals surface area contributed by atoms with Crippen LogP contribution in [0.2, 0.25) is 0 Å². The van der Waals surface area contributed by atoms with E-state index in [-0.39, 0.29) is 6.29 Å². The molecule has 0 spiro atoms. The van der Waals surface area contributed by atoms with Crippen molar-refractivity contribution >= 4 is 6.29 Å². The molecule has 0 saturated heterocycles. The Balaban J connectivity index is -0.000000691. The Kier molecular flexibility index (Phi) is 15.2. The lowest BCUT2D eigenvalue weighted by Gasteiger charge is -2.36. The second-order valence-corrected chi connectivity index (χ2v) is 6.22. The Bertz CT molecular complexity index is 768. The molecule has 0 fully saturated rings. The van der Waals surface area contributed by atoms with Crippen LogP contribution in [0.5, 0.6) is 0 Å². The summed E-state index contributed by atoms with van der Waals surface area (Å²) >= 11 is 0. The third kappa shape index (κ3) is 16.8. The van der Waals surface area contributed by atoms with Gasteiger partial charge in [0.1, 0.15) is 19.3 Å². The molecule has 1 atom stereocenters. The summed E-state index contributed by atoms with van der Waals surface area (Å²) in [7, 11) is 0. The van der Waals surface area contributed by atoms with Gasteiger partial charge in [-0.05, 0) is 9.05 Å². The van der Waals surface area contributed by atoms with Crippen LogP contribution in [-0.4, -0.2) is 67.9 Å². The molecule has 0 heterocycles. The molecule has 0 bridgehead atoms. The standard InChI is InChI=1S/C7H2F14O3.C3H2F6O.C3H3F3O/c8-2(9,10)1-22-5(15,16)3(11,4(12,13)14)23-6(17,18)7(19,20)24-21;4-2(5,6)1-3(7,8)10-9;4-3(5,6)1-2-7/h1H2;1H2;2H,1H2. The fourth-order valence-electron chi connectivity index (χ4n) is 1.18. The molecule has 0 aromatic heterocycles. The molecule has 0 N–H and O–H groups in total. The lowest BCUT2D eigenvalue weighted by atomic mass is 10.2. The molecular weight excluding hydrogens is 673 g/mol. The molecule has 5 nitrogen and oxygen atoms in total. The average Bonchev–Trinajstić information content (AvgIpc) is 2.69. The topological polar surface area (TPSA) is 54.0 Å². The van der Waals surface area contributed by atoms with Crippen molar-refractivity contribution in [2.45, 2.75) is 67.8 Å². The van der Waals surface area contributed by atoms with Crippen molar-refractivity contribution in [2.24, 2.45) is 0 Å². The highest BCUT2D eigenvalue weighted by molar-refractivity contribution is 5.50. The molecule has 250 valence electrons. The first-order chi connectivity index (χ1) is 17.6. The van der Waals surface area contributed by atoms with E-state index in [4.69, 9.17) is 4.79 Å². The Labute approximate surface area is 207 Å².